The highest BCUT2D eigenvalue weighted by Crippen LogP contribution is 2.36. The van der Waals surface area contributed by atoms with Crippen LogP contribution in [0.2, 0.25) is 5.02 Å². The van der Waals surface area contributed by atoms with E-state index in [0.717, 1.165) is 30.8 Å². The van der Waals surface area contributed by atoms with E-state index >= 15 is 0 Å². The van der Waals surface area contributed by atoms with E-state index in [1.165, 1.54) is 18.7 Å². The van der Waals surface area contributed by atoms with Gasteiger partial charge in [0.15, 0.2) is 11.5 Å². The molecular formula is C23H29ClN2O3. The summed E-state index contributed by atoms with van der Waals surface area (Å²) in [5.41, 5.74) is 3.08. The van der Waals surface area contributed by atoms with Gasteiger partial charge in [-0.3, -0.25) is 9.69 Å². The lowest BCUT2D eigenvalue weighted by Crippen LogP contribution is -2.22. The van der Waals surface area contributed by atoms with E-state index in [2.05, 4.69) is 48.3 Å². The fraction of sp³-hybridized carbons (Fsp3) is 0.348. The fourth-order valence-electron chi connectivity index (χ4n) is 2.92. The normalized spacial score (nSPS) is 11.1. The van der Waals surface area contributed by atoms with Crippen molar-refractivity contribution < 1.29 is 14.3 Å². The van der Waals surface area contributed by atoms with Crippen molar-refractivity contribution in [1.82, 2.24) is 10.2 Å². The van der Waals surface area contributed by atoms with E-state index in [-0.39, 0.29) is 5.91 Å². The Kier molecular flexibility index (Phi) is 9.03. The van der Waals surface area contributed by atoms with Gasteiger partial charge in [0, 0.05) is 19.2 Å². The second-order valence-electron chi connectivity index (χ2n) is 6.57. The summed E-state index contributed by atoms with van der Waals surface area (Å²) < 4.78 is 10.5. The molecule has 2 aromatic rings. The van der Waals surface area contributed by atoms with Gasteiger partial charge in [0.1, 0.15) is 0 Å². The molecule has 6 heteroatoms. The van der Waals surface area contributed by atoms with Crippen LogP contribution in [0.3, 0.4) is 0 Å². The molecule has 0 aliphatic carbocycles. The Labute approximate surface area is 178 Å². The molecule has 0 saturated heterocycles. The summed E-state index contributed by atoms with van der Waals surface area (Å²) in [6.07, 6.45) is 3.17. The Morgan fingerprint density at radius 2 is 1.72 bits per heavy atom. The van der Waals surface area contributed by atoms with Crippen molar-refractivity contribution in [3.8, 4) is 11.5 Å². The molecule has 0 unspecified atom stereocenters. The maximum atomic E-state index is 12.1. The molecule has 2 rings (SSSR count). The predicted octanol–water partition coefficient (Wildman–Crippen LogP) is 4.53. The minimum Gasteiger partial charge on any atom is -0.493 e. The van der Waals surface area contributed by atoms with Gasteiger partial charge >= 0.3 is 0 Å². The van der Waals surface area contributed by atoms with E-state index in [9.17, 15) is 4.79 Å². The van der Waals surface area contributed by atoms with Crippen LogP contribution in [0.1, 0.15) is 30.5 Å². The summed E-state index contributed by atoms with van der Waals surface area (Å²) in [7, 11) is 3.07. The van der Waals surface area contributed by atoms with Gasteiger partial charge in [-0.2, -0.15) is 0 Å². The van der Waals surface area contributed by atoms with Crippen LogP contribution in [0.25, 0.3) is 6.08 Å². The van der Waals surface area contributed by atoms with Crippen molar-refractivity contribution in [2.24, 2.45) is 0 Å². The van der Waals surface area contributed by atoms with Gasteiger partial charge in [-0.1, -0.05) is 49.7 Å². The Morgan fingerprint density at radius 3 is 2.31 bits per heavy atom. The zero-order valence-electron chi connectivity index (χ0n) is 17.5. The molecule has 0 fully saturated rings. The number of carbonyl (C=O) groups excluding carboxylic acids is 1. The van der Waals surface area contributed by atoms with Crippen LogP contribution in [0.4, 0.5) is 0 Å². The van der Waals surface area contributed by atoms with E-state index in [4.69, 9.17) is 21.1 Å². The molecule has 1 amide bonds. The van der Waals surface area contributed by atoms with E-state index in [0.29, 0.717) is 23.1 Å². The first-order valence-corrected chi connectivity index (χ1v) is 10.1. The van der Waals surface area contributed by atoms with Gasteiger partial charge in [-0.05, 0) is 48.0 Å². The van der Waals surface area contributed by atoms with Crippen LogP contribution < -0.4 is 14.8 Å². The van der Waals surface area contributed by atoms with E-state index in [1.807, 2.05) is 0 Å². The van der Waals surface area contributed by atoms with E-state index < -0.39 is 0 Å². The van der Waals surface area contributed by atoms with Gasteiger partial charge in [0.2, 0.25) is 5.91 Å². The lowest BCUT2D eigenvalue weighted by molar-refractivity contribution is -0.116. The first kappa shape index (κ1) is 22.8. The lowest BCUT2D eigenvalue weighted by Gasteiger charge is -2.18. The summed E-state index contributed by atoms with van der Waals surface area (Å²) in [4.78, 5) is 14.5. The standard InChI is InChI=1S/C23H29ClN2O3/c1-5-26(6-2)16-18-9-7-17(8-10-18)15-25-22(27)12-11-19-13-20(24)23(29-4)21(14-19)28-3/h7-14H,5-6,15-16H2,1-4H3,(H,25,27)/b12-11+. The third-order valence-corrected chi connectivity index (χ3v) is 4.95. The molecule has 0 radical (unpaired) electrons. The number of benzene rings is 2. The molecule has 0 saturated carbocycles. The van der Waals surface area contributed by atoms with Crippen molar-refractivity contribution >= 4 is 23.6 Å². The first-order valence-electron chi connectivity index (χ1n) is 9.68. The second kappa shape index (κ2) is 11.5. The van der Waals surface area contributed by atoms with Crippen LogP contribution in [0.15, 0.2) is 42.5 Å². The third-order valence-electron chi connectivity index (χ3n) is 4.67. The van der Waals surface area contributed by atoms with Crippen molar-refractivity contribution in [2.45, 2.75) is 26.9 Å². The zero-order chi connectivity index (χ0) is 21.2. The van der Waals surface area contributed by atoms with Crippen molar-refractivity contribution in [3.05, 3.63) is 64.2 Å². The van der Waals surface area contributed by atoms with Gasteiger partial charge < -0.3 is 14.8 Å². The van der Waals surface area contributed by atoms with E-state index in [1.54, 1.807) is 25.3 Å². The topological polar surface area (TPSA) is 50.8 Å². The summed E-state index contributed by atoms with van der Waals surface area (Å²) in [6.45, 7) is 7.81. The summed E-state index contributed by atoms with van der Waals surface area (Å²) in [5.74, 6) is 0.813. The molecule has 0 bridgehead atoms. The predicted molar refractivity (Wildman–Crippen MR) is 119 cm³/mol. The first-order chi connectivity index (χ1) is 14.0. The molecule has 1 N–H and O–H groups in total. The van der Waals surface area contributed by atoms with Gasteiger partial charge in [0.25, 0.3) is 0 Å². The fourth-order valence-corrected chi connectivity index (χ4v) is 3.22. The number of nitrogens with one attached hydrogen (secondary N) is 1. The maximum absolute atomic E-state index is 12.1. The molecule has 0 aliphatic rings. The van der Waals surface area contributed by atoms with Gasteiger partial charge in [-0.25, -0.2) is 0 Å². The van der Waals surface area contributed by atoms with Gasteiger partial charge in [0.05, 0.1) is 19.2 Å². The Bertz CT molecular complexity index is 831. The Balaban J connectivity index is 1.92. The number of halogens is 1. The highest BCUT2D eigenvalue weighted by Gasteiger charge is 2.10. The summed E-state index contributed by atoms with van der Waals surface area (Å²) >= 11 is 6.19. The number of carbonyl (C=O) groups is 1. The summed E-state index contributed by atoms with van der Waals surface area (Å²) in [6, 6.07) is 11.8. The number of ether oxygens (including phenoxy) is 2. The van der Waals surface area contributed by atoms with Crippen molar-refractivity contribution in [2.75, 3.05) is 27.3 Å². The lowest BCUT2D eigenvalue weighted by atomic mass is 10.1. The molecule has 5 nitrogen and oxygen atoms in total. The van der Waals surface area contributed by atoms with Crippen LogP contribution in [-0.2, 0) is 17.9 Å². The zero-order valence-corrected chi connectivity index (χ0v) is 18.3. The molecule has 0 atom stereocenters. The molecule has 0 aliphatic heterocycles. The summed E-state index contributed by atoms with van der Waals surface area (Å²) in [5, 5.41) is 3.32. The Hall–Kier alpha value is -2.50. The average Bonchev–Trinajstić information content (AvgIpc) is 2.74. The number of hydrogen-bond donors (Lipinski definition) is 1. The average molecular weight is 417 g/mol. The third kappa shape index (κ3) is 6.80. The molecule has 156 valence electrons. The number of hydrogen-bond acceptors (Lipinski definition) is 4. The highest BCUT2D eigenvalue weighted by atomic mass is 35.5. The second-order valence-corrected chi connectivity index (χ2v) is 6.97. The Morgan fingerprint density at radius 1 is 1.07 bits per heavy atom. The van der Waals surface area contributed by atoms with Crippen LogP contribution in [0.5, 0.6) is 11.5 Å². The molecule has 29 heavy (non-hydrogen) atoms. The molecular weight excluding hydrogens is 388 g/mol. The van der Waals surface area contributed by atoms with Crippen LogP contribution >= 0.6 is 11.6 Å². The van der Waals surface area contributed by atoms with Crippen molar-refractivity contribution in [1.29, 1.82) is 0 Å². The molecule has 0 aromatic heterocycles. The van der Waals surface area contributed by atoms with Crippen molar-refractivity contribution in [3.63, 3.8) is 0 Å². The minimum absolute atomic E-state index is 0.178. The molecule has 2 aromatic carbocycles. The van der Waals surface area contributed by atoms with Gasteiger partial charge in [-0.15, -0.1) is 0 Å². The molecule has 0 spiro atoms. The number of nitrogens with zero attached hydrogens (tertiary/aromatic N) is 1. The number of amides is 1. The largest absolute Gasteiger partial charge is 0.493 e. The smallest absolute Gasteiger partial charge is 0.244 e. The van der Waals surface area contributed by atoms with Crippen LogP contribution in [-0.4, -0.2) is 38.1 Å². The maximum Gasteiger partial charge on any atom is 0.244 e. The number of methoxy groups -OCH3 is 2. The highest BCUT2D eigenvalue weighted by molar-refractivity contribution is 6.32. The number of rotatable bonds is 10. The van der Waals surface area contributed by atoms with Crippen LogP contribution in [0, 0.1) is 0 Å². The molecule has 0 heterocycles. The minimum atomic E-state index is -0.178. The monoisotopic (exact) mass is 416 g/mol. The quantitative estimate of drug-likeness (QED) is 0.578. The SMILES string of the molecule is CCN(CC)Cc1ccc(CNC(=O)/C=C/c2cc(Cl)c(OC)c(OC)c2)cc1.